The van der Waals surface area contributed by atoms with Crippen LogP contribution >= 0.6 is 0 Å². The fourth-order valence-electron chi connectivity index (χ4n) is 4.53. The van der Waals surface area contributed by atoms with Crippen LogP contribution in [0.2, 0.25) is 0 Å². The van der Waals surface area contributed by atoms with Crippen molar-refractivity contribution in [1.82, 2.24) is 10.2 Å². The summed E-state index contributed by atoms with van der Waals surface area (Å²) in [5, 5.41) is 3.76. The van der Waals surface area contributed by atoms with E-state index in [1.54, 1.807) is 0 Å². The summed E-state index contributed by atoms with van der Waals surface area (Å²) in [6, 6.07) is 1.37. The predicted octanol–water partition coefficient (Wildman–Crippen LogP) is 2.90. The Morgan fingerprint density at radius 1 is 1.20 bits per heavy atom. The molecule has 1 N–H and O–H groups in total. The third-order valence-corrected chi connectivity index (χ3v) is 5.13. The first-order chi connectivity index (χ1) is 9.65. The Morgan fingerprint density at radius 2 is 2.00 bits per heavy atom. The van der Waals surface area contributed by atoms with E-state index in [1.807, 2.05) is 0 Å². The van der Waals surface area contributed by atoms with E-state index < -0.39 is 0 Å². The van der Waals surface area contributed by atoms with Gasteiger partial charge in [0, 0.05) is 25.2 Å². The summed E-state index contributed by atoms with van der Waals surface area (Å²) in [6.45, 7) is 13.6. The fraction of sp³-hybridized carbons (Fsp3) is 1.00. The average Bonchev–Trinajstić information content (AvgIpc) is 2.39. The first kappa shape index (κ1) is 16.3. The topological polar surface area (TPSA) is 24.5 Å². The van der Waals surface area contributed by atoms with Crippen molar-refractivity contribution in [3.8, 4) is 0 Å². The van der Waals surface area contributed by atoms with Crippen LogP contribution in [-0.2, 0) is 4.74 Å². The smallest absolute Gasteiger partial charge is 0.0702 e. The van der Waals surface area contributed by atoms with Crippen LogP contribution in [0.25, 0.3) is 0 Å². The van der Waals surface area contributed by atoms with E-state index in [9.17, 15) is 0 Å². The zero-order valence-electron chi connectivity index (χ0n) is 13.9. The molecular weight excluding hydrogens is 248 g/mol. The normalized spacial score (nSPS) is 39.9. The molecule has 0 aromatic carbocycles. The fourth-order valence-corrected chi connectivity index (χ4v) is 4.53. The van der Waals surface area contributed by atoms with Crippen LogP contribution in [-0.4, -0.2) is 49.3 Å². The number of hydrogen-bond acceptors (Lipinski definition) is 3. The molecule has 2 aliphatic rings. The van der Waals surface area contributed by atoms with Crippen molar-refractivity contribution in [2.45, 2.75) is 71.6 Å². The van der Waals surface area contributed by atoms with E-state index in [1.165, 1.54) is 32.2 Å². The van der Waals surface area contributed by atoms with Gasteiger partial charge in [-0.1, -0.05) is 20.8 Å². The second-order valence-corrected chi connectivity index (χ2v) is 6.92. The van der Waals surface area contributed by atoms with E-state index in [2.05, 4.69) is 37.9 Å². The molecule has 0 spiro atoms. The highest BCUT2D eigenvalue weighted by Gasteiger charge is 2.38. The van der Waals surface area contributed by atoms with Gasteiger partial charge in [-0.15, -0.1) is 0 Å². The molecule has 5 unspecified atom stereocenters. The quantitative estimate of drug-likeness (QED) is 0.839. The Balaban J connectivity index is 2.02. The molecule has 0 radical (unpaired) electrons. The van der Waals surface area contributed by atoms with Crippen LogP contribution in [0.5, 0.6) is 0 Å². The zero-order chi connectivity index (χ0) is 14.5. The van der Waals surface area contributed by atoms with Gasteiger partial charge in [-0.2, -0.15) is 0 Å². The van der Waals surface area contributed by atoms with Gasteiger partial charge >= 0.3 is 0 Å². The minimum atomic E-state index is 0.461. The highest BCUT2D eigenvalue weighted by Crippen LogP contribution is 2.34. The summed E-state index contributed by atoms with van der Waals surface area (Å²) in [5.74, 6) is 1.65. The highest BCUT2D eigenvalue weighted by atomic mass is 16.5. The van der Waals surface area contributed by atoms with E-state index in [0.717, 1.165) is 31.5 Å². The Hall–Kier alpha value is -0.120. The Labute approximate surface area is 125 Å². The van der Waals surface area contributed by atoms with Gasteiger partial charge in [-0.3, -0.25) is 4.90 Å². The van der Waals surface area contributed by atoms with Gasteiger partial charge in [0.05, 0.1) is 6.10 Å². The van der Waals surface area contributed by atoms with Crippen LogP contribution in [0.4, 0.5) is 0 Å². The molecular formula is C17H34N2O. The molecule has 0 aromatic rings. The maximum atomic E-state index is 5.89. The molecule has 20 heavy (non-hydrogen) atoms. The molecule has 0 aromatic heterocycles. The monoisotopic (exact) mass is 282 g/mol. The number of hydrogen-bond donors (Lipinski definition) is 1. The van der Waals surface area contributed by atoms with Gasteiger partial charge in [0.15, 0.2) is 0 Å². The van der Waals surface area contributed by atoms with Crippen LogP contribution in [0.1, 0.15) is 53.4 Å². The van der Waals surface area contributed by atoms with E-state index >= 15 is 0 Å². The number of rotatable bonds is 5. The molecule has 1 saturated carbocycles. The second kappa shape index (κ2) is 7.77. The van der Waals surface area contributed by atoms with Gasteiger partial charge in [0.25, 0.3) is 0 Å². The maximum absolute atomic E-state index is 5.89. The number of nitrogens with zero attached hydrogens (tertiary/aromatic N) is 1. The number of likely N-dealkylation sites (N-methyl/N-ethyl adjacent to an activating group) is 1. The molecule has 5 atom stereocenters. The number of likely N-dealkylation sites (tertiary alicyclic amines) is 1. The molecule has 1 saturated heterocycles. The van der Waals surface area contributed by atoms with Crippen LogP contribution in [0, 0.1) is 11.8 Å². The third-order valence-electron chi connectivity index (χ3n) is 5.13. The minimum absolute atomic E-state index is 0.461. The first-order valence-corrected chi connectivity index (χ1v) is 8.74. The molecule has 2 fully saturated rings. The SMILES string of the molecule is CCNC1CC(C)CC(C)C1N1CCCC(OCC)C1. The molecule has 0 bridgehead atoms. The van der Waals surface area contributed by atoms with Gasteiger partial charge in [0.2, 0.25) is 0 Å². The highest BCUT2D eigenvalue weighted by molar-refractivity contribution is 4.95. The van der Waals surface area contributed by atoms with Crippen molar-refractivity contribution < 1.29 is 4.74 Å². The molecule has 3 nitrogen and oxygen atoms in total. The average molecular weight is 282 g/mol. The summed E-state index contributed by atoms with van der Waals surface area (Å²) in [5.41, 5.74) is 0. The third kappa shape index (κ3) is 3.96. The molecule has 0 amide bonds. The molecule has 1 heterocycles. The van der Waals surface area contributed by atoms with Crippen LogP contribution in [0.3, 0.4) is 0 Å². The zero-order valence-corrected chi connectivity index (χ0v) is 13.9. The molecule has 2 rings (SSSR count). The standard InChI is InChI=1S/C17H34N2O/c1-5-18-16-11-13(3)10-14(4)17(16)19-9-7-8-15(12-19)20-6-2/h13-18H,5-12H2,1-4H3. The van der Waals surface area contributed by atoms with Crippen LogP contribution < -0.4 is 5.32 Å². The summed E-state index contributed by atoms with van der Waals surface area (Å²) < 4.78 is 5.89. The number of piperidine rings is 1. The second-order valence-electron chi connectivity index (χ2n) is 6.92. The van der Waals surface area contributed by atoms with Gasteiger partial charge < -0.3 is 10.1 Å². The van der Waals surface area contributed by atoms with Crippen LogP contribution in [0.15, 0.2) is 0 Å². The van der Waals surface area contributed by atoms with Gasteiger partial charge in [0.1, 0.15) is 0 Å². The largest absolute Gasteiger partial charge is 0.377 e. The predicted molar refractivity (Wildman–Crippen MR) is 85.0 cm³/mol. The van der Waals surface area contributed by atoms with E-state index in [-0.39, 0.29) is 0 Å². The van der Waals surface area contributed by atoms with Crippen molar-refractivity contribution in [3.05, 3.63) is 0 Å². The molecule has 1 aliphatic carbocycles. The Kier molecular flexibility index (Phi) is 6.31. The lowest BCUT2D eigenvalue weighted by Crippen LogP contribution is -2.59. The van der Waals surface area contributed by atoms with Crippen molar-refractivity contribution in [1.29, 1.82) is 0 Å². The van der Waals surface area contributed by atoms with Gasteiger partial charge in [-0.25, -0.2) is 0 Å². The van der Waals surface area contributed by atoms with Crippen molar-refractivity contribution in [2.24, 2.45) is 11.8 Å². The summed E-state index contributed by atoms with van der Waals surface area (Å²) in [7, 11) is 0. The van der Waals surface area contributed by atoms with Gasteiger partial charge in [-0.05, 0) is 57.5 Å². The lowest BCUT2D eigenvalue weighted by atomic mass is 9.75. The lowest BCUT2D eigenvalue weighted by Gasteiger charge is -2.48. The maximum Gasteiger partial charge on any atom is 0.0702 e. The van der Waals surface area contributed by atoms with Crippen molar-refractivity contribution >= 4 is 0 Å². The number of nitrogens with one attached hydrogen (secondary N) is 1. The molecule has 118 valence electrons. The molecule has 1 aliphatic heterocycles. The summed E-state index contributed by atoms with van der Waals surface area (Å²) in [6.07, 6.45) is 5.71. The van der Waals surface area contributed by atoms with E-state index in [0.29, 0.717) is 18.2 Å². The number of ether oxygens (including phenoxy) is 1. The van der Waals surface area contributed by atoms with Crippen molar-refractivity contribution in [3.63, 3.8) is 0 Å². The Bertz CT molecular complexity index is 282. The Morgan fingerprint density at radius 3 is 2.70 bits per heavy atom. The minimum Gasteiger partial charge on any atom is -0.377 e. The van der Waals surface area contributed by atoms with E-state index in [4.69, 9.17) is 4.74 Å². The molecule has 3 heteroatoms. The summed E-state index contributed by atoms with van der Waals surface area (Å²) in [4.78, 5) is 2.73. The summed E-state index contributed by atoms with van der Waals surface area (Å²) >= 11 is 0. The lowest BCUT2D eigenvalue weighted by molar-refractivity contribution is -0.0327. The first-order valence-electron chi connectivity index (χ1n) is 8.74. The van der Waals surface area contributed by atoms with Crippen molar-refractivity contribution in [2.75, 3.05) is 26.2 Å².